The molecule has 0 bridgehead atoms. The van der Waals surface area contributed by atoms with Crippen LogP contribution in [0.25, 0.3) is 21.3 Å². The Morgan fingerprint density at radius 3 is 2.85 bits per heavy atom. The van der Waals surface area contributed by atoms with Crippen molar-refractivity contribution in [3.05, 3.63) is 64.3 Å². The molecule has 0 radical (unpaired) electrons. The summed E-state index contributed by atoms with van der Waals surface area (Å²) in [4.78, 5) is 21.8. The van der Waals surface area contributed by atoms with Crippen LogP contribution in [0.3, 0.4) is 0 Å². The number of hydrogen-bond donors (Lipinski definition) is 0. The van der Waals surface area contributed by atoms with Gasteiger partial charge >= 0.3 is 5.97 Å². The van der Waals surface area contributed by atoms with Gasteiger partial charge in [-0.15, -0.1) is 22.7 Å². The Morgan fingerprint density at radius 2 is 2.04 bits per heavy atom. The highest BCUT2D eigenvalue weighted by Crippen LogP contribution is 2.28. The van der Waals surface area contributed by atoms with Crippen LogP contribution < -0.4 is 0 Å². The number of thiazole rings is 1. The van der Waals surface area contributed by atoms with Crippen molar-refractivity contribution in [2.24, 2.45) is 0 Å². The molecule has 130 valence electrons. The van der Waals surface area contributed by atoms with E-state index in [1.807, 2.05) is 48.7 Å². The molecule has 1 aromatic carbocycles. The monoisotopic (exact) mass is 383 g/mol. The predicted molar refractivity (Wildman–Crippen MR) is 99.0 cm³/mol. The molecule has 26 heavy (non-hydrogen) atoms. The molecule has 0 aliphatic carbocycles. The summed E-state index contributed by atoms with van der Waals surface area (Å²) < 4.78 is 10.4. The number of thiophene rings is 1. The first-order valence-corrected chi connectivity index (χ1v) is 9.52. The van der Waals surface area contributed by atoms with E-state index in [9.17, 15) is 4.79 Å². The van der Waals surface area contributed by atoms with Crippen LogP contribution >= 0.6 is 22.7 Å². The average molecular weight is 383 g/mol. The third kappa shape index (κ3) is 3.42. The van der Waals surface area contributed by atoms with Gasteiger partial charge in [-0.2, -0.15) is 4.98 Å². The Kier molecular flexibility index (Phi) is 4.59. The highest BCUT2D eigenvalue weighted by molar-refractivity contribution is 7.20. The highest BCUT2D eigenvalue weighted by Gasteiger charge is 2.16. The number of benzene rings is 1. The Hall–Kier alpha value is -2.84. The second kappa shape index (κ2) is 7.19. The number of rotatable bonds is 5. The Bertz CT molecular complexity index is 1040. The van der Waals surface area contributed by atoms with Crippen molar-refractivity contribution in [1.29, 1.82) is 0 Å². The smallest absolute Gasteiger partial charge is 0.358 e. The van der Waals surface area contributed by atoms with E-state index in [0.717, 1.165) is 21.0 Å². The van der Waals surface area contributed by atoms with E-state index < -0.39 is 5.97 Å². The van der Waals surface area contributed by atoms with Crippen LogP contribution in [0, 0.1) is 6.92 Å². The molecular weight excluding hydrogens is 370 g/mol. The van der Waals surface area contributed by atoms with Crippen molar-refractivity contribution in [3.8, 4) is 21.3 Å². The van der Waals surface area contributed by atoms with Gasteiger partial charge in [0.1, 0.15) is 5.01 Å². The normalized spacial score (nSPS) is 10.8. The zero-order valence-corrected chi connectivity index (χ0v) is 15.3. The highest BCUT2D eigenvalue weighted by atomic mass is 32.1. The van der Waals surface area contributed by atoms with Gasteiger partial charge in [0, 0.05) is 10.9 Å². The molecule has 4 rings (SSSR count). The van der Waals surface area contributed by atoms with Gasteiger partial charge < -0.3 is 9.26 Å². The van der Waals surface area contributed by atoms with E-state index in [-0.39, 0.29) is 18.2 Å². The first kappa shape index (κ1) is 16.6. The van der Waals surface area contributed by atoms with Gasteiger partial charge in [-0.1, -0.05) is 35.5 Å². The van der Waals surface area contributed by atoms with E-state index in [4.69, 9.17) is 9.26 Å². The van der Waals surface area contributed by atoms with Crippen molar-refractivity contribution in [1.82, 2.24) is 15.1 Å². The summed E-state index contributed by atoms with van der Waals surface area (Å²) in [6, 6.07) is 11.6. The fourth-order valence-corrected chi connectivity index (χ4v) is 3.93. The summed E-state index contributed by atoms with van der Waals surface area (Å²) in [5.41, 5.74) is 2.20. The van der Waals surface area contributed by atoms with Gasteiger partial charge in [0.15, 0.2) is 12.3 Å². The molecule has 0 amide bonds. The number of esters is 1. The molecular formula is C18H13N3O3S2. The zero-order valence-electron chi connectivity index (χ0n) is 13.7. The number of aryl methyl sites for hydroxylation is 1. The molecule has 4 aromatic rings. The van der Waals surface area contributed by atoms with Crippen LogP contribution in [0.1, 0.15) is 21.9 Å². The minimum absolute atomic E-state index is 0.0937. The number of aromatic nitrogens is 3. The van der Waals surface area contributed by atoms with E-state index in [1.165, 1.54) is 11.3 Å². The van der Waals surface area contributed by atoms with Crippen molar-refractivity contribution in [2.45, 2.75) is 13.5 Å². The van der Waals surface area contributed by atoms with Crippen LogP contribution in [0.15, 0.2) is 51.7 Å². The maximum atomic E-state index is 12.2. The number of carbonyl (C=O) groups excluding carboxylic acids is 1. The lowest BCUT2D eigenvalue weighted by molar-refractivity contribution is 0.0424. The molecule has 0 N–H and O–H groups in total. The minimum atomic E-state index is -0.514. The van der Waals surface area contributed by atoms with Crippen LogP contribution in [-0.4, -0.2) is 21.1 Å². The van der Waals surface area contributed by atoms with Crippen LogP contribution in [0.5, 0.6) is 0 Å². The van der Waals surface area contributed by atoms with Gasteiger partial charge in [0.2, 0.25) is 5.82 Å². The summed E-state index contributed by atoms with van der Waals surface area (Å²) in [6.45, 7) is 1.88. The lowest BCUT2D eigenvalue weighted by atomic mass is 10.1. The summed E-state index contributed by atoms with van der Waals surface area (Å²) >= 11 is 2.98. The second-order valence-corrected chi connectivity index (χ2v) is 7.22. The largest absolute Gasteiger partial charge is 0.451 e. The number of ether oxygens (including phenoxy) is 1. The summed E-state index contributed by atoms with van der Waals surface area (Å²) in [5.74, 6) is 0.202. The molecule has 0 saturated carbocycles. The van der Waals surface area contributed by atoms with Gasteiger partial charge in [-0.25, -0.2) is 9.78 Å². The maximum absolute atomic E-state index is 12.2. The minimum Gasteiger partial charge on any atom is -0.451 e. The Labute approximate surface area is 157 Å². The fourth-order valence-electron chi connectivity index (χ4n) is 2.33. The molecule has 0 aliphatic rings. The van der Waals surface area contributed by atoms with E-state index in [1.54, 1.807) is 16.7 Å². The molecule has 0 atom stereocenters. The van der Waals surface area contributed by atoms with Gasteiger partial charge in [-0.05, 0) is 23.9 Å². The molecule has 6 nitrogen and oxygen atoms in total. The maximum Gasteiger partial charge on any atom is 0.358 e. The first-order valence-electron chi connectivity index (χ1n) is 7.76. The van der Waals surface area contributed by atoms with E-state index in [2.05, 4.69) is 15.1 Å². The number of nitrogens with zero attached hydrogens (tertiary/aromatic N) is 3. The number of carbonyl (C=O) groups is 1. The molecule has 3 aromatic heterocycles. The molecule has 0 saturated heterocycles. The second-order valence-electron chi connectivity index (χ2n) is 5.42. The Morgan fingerprint density at radius 1 is 1.15 bits per heavy atom. The Balaban J connectivity index is 1.42. The third-order valence-electron chi connectivity index (χ3n) is 3.63. The third-order valence-corrected chi connectivity index (χ3v) is 5.51. The van der Waals surface area contributed by atoms with Gasteiger partial charge in [0.05, 0.1) is 4.88 Å². The lowest BCUT2D eigenvalue weighted by Gasteiger charge is -1.99. The van der Waals surface area contributed by atoms with Crippen molar-refractivity contribution in [2.75, 3.05) is 0 Å². The standard InChI is InChI=1S/C18H13N3O3S2/c1-11-5-2-3-6-12(11)16-20-15(24-21-16)9-23-18(22)13-10-26-17(19-13)14-7-4-8-25-14/h2-8,10H,9H2,1H3. The lowest BCUT2D eigenvalue weighted by Crippen LogP contribution is -2.05. The summed E-state index contributed by atoms with van der Waals surface area (Å²) in [7, 11) is 0. The SMILES string of the molecule is Cc1ccccc1-c1noc(COC(=O)c2csc(-c3cccs3)n2)n1. The van der Waals surface area contributed by atoms with E-state index >= 15 is 0 Å². The average Bonchev–Trinajstić information content (AvgIpc) is 3.40. The van der Waals surface area contributed by atoms with Crippen molar-refractivity contribution < 1.29 is 14.1 Å². The van der Waals surface area contributed by atoms with Crippen molar-refractivity contribution in [3.63, 3.8) is 0 Å². The van der Waals surface area contributed by atoms with Crippen LogP contribution in [-0.2, 0) is 11.3 Å². The summed E-state index contributed by atoms with van der Waals surface area (Å²) in [5, 5.41) is 8.40. The summed E-state index contributed by atoms with van der Waals surface area (Å²) in [6.07, 6.45) is 0. The molecule has 0 unspecified atom stereocenters. The van der Waals surface area contributed by atoms with Crippen LogP contribution in [0.2, 0.25) is 0 Å². The van der Waals surface area contributed by atoms with Gasteiger partial charge in [-0.3, -0.25) is 0 Å². The molecule has 0 fully saturated rings. The molecule has 8 heteroatoms. The zero-order chi connectivity index (χ0) is 17.9. The number of hydrogen-bond acceptors (Lipinski definition) is 8. The van der Waals surface area contributed by atoms with Gasteiger partial charge in [0.25, 0.3) is 5.89 Å². The molecule has 3 heterocycles. The first-order chi connectivity index (χ1) is 12.7. The molecule has 0 aliphatic heterocycles. The van der Waals surface area contributed by atoms with Crippen molar-refractivity contribution >= 4 is 28.6 Å². The van der Waals surface area contributed by atoms with E-state index in [0.29, 0.717) is 5.82 Å². The quantitative estimate of drug-likeness (QED) is 0.469. The van der Waals surface area contributed by atoms with Crippen LogP contribution in [0.4, 0.5) is 0 Å². The molecule has 0 spiro atoms. The topological polar surface area (TPSA) is 78.1 Å². The fraction of sp³-hybridized carbons (Fsp3) is 0.111. The predicted octanol–water partition coefficient (Wildman–Crippen LogP) is 4.59.